The van der Waals surface area contributed by atoms with Crippen molar-refractivity contribution < 1.29 is 4.74 Å². The van der Waals surface area contributed by atoms with E-state index in [9.17, 15) is 0 Å². The Morgan fingerprint density at radius 2 is 2.75 bits per heavy atom. The summed E-state index contributed by atoms with van der Waals surface area (Å²) in [6.45, 7) is 3.89. The van der Waals surface area contributed by atoms with Gasteiger partial charge < -0.3 is 9.72 Å². The second-order valence-electron chi connectivity index (χ2n) is 1.24. The van der Waals surface area contributed by atoms with Gasteiger partial charge in [-0.25, -0.2) is 4.98 Å². The maximum Gasteiger partial charge on any atom is 0.293 e. The maximum absolute atomic E-state index is 4.87. The van der Waals surface area contributed by atoms with Gasteiger partial charge in [-0.05, 0) is 6.92 Å². The van der Waals surface area contributed by atoms with Gasteiger partial charge in [0.05, 0.1) is 6.61 Å². The van der Waals surface area contributed by atoms with Gasteiger partial charge in [0.2, 0.25) is 0 Å². The first-order chi connectivity index (χ1) is 3.93. The Kier molecular flexibility index (Phi) is 1.51. The van der Waals surface area contributed by atoms with Gasteiger partial charge in [-0.3, -0.25) is 0 Å². The molecule has 3 nitrogen and oxygen atoms in total. The third kappa shape index (κ3) is 0.992. The summed E-state index contributed by atoms with van der Waals surface area (Å²) in [5.74, 6) is 0. The van der Waals surface area contributed by atoms with Crippen molar-refractivity contribution in [2.45, 2.75) is 0 Å². The SMILES string of the molecule is [CH2]COc1ncc[nH]1. The van der Waals surface area contributed by atoms with Gasteiger partial charge in [-0.2, -0.15) is 0 Å². The van der Waals surface area contributed by atoms with Gasteiger partial charge in [0, 0.05) is 12.4 Å². The van der Waals surface area contributed by atoms with E-state index in [2.05, 4.69) is 16.9 Å². The summed E-state index contributed by atoms with van der Waals surface area (Å²) >= 11 is 0. The number of imidazole rings is 1. The summed E-state index contributed by atoms with van der Waals surface area (Å²) in [6.07, 6.45) is 3.33. The molecule has 1 N–H and O–H groups in total. The van der Waals surface area contributed by atoms with Crippen molar-refractivity contribution in [3.05, 3.63) is 19.3 Å². The molecule has 0 amide bonds. The van der Waals surface area contributed by atoms with Crippen LogP contribution in [0.15, 0.2) is 12.4 Å². The van der Waals surface area contributed by atoms with Crippen molar-refractivity contribution in [2.24, 2.45) is 0 Å². The molecular formula is C5H7N2O. The highest BCUT2D eigenvalue weighted by Gasteiger charge is 1.87. The van der Waals surface area contributed by atoms with E-state index in [1.54, 1.807) is 12.4 Å². The second kappa shape index (κ2) is 2.35. The van der Waals surface area contributed by atoms with Gasteiger partial charge in [0.25, 0.3) is 6.01 Å². The summed E-state index contributed by atoms with van der Waals surface area (Å²) in [4.78, 5) is 6.55. The van der Waals surface area contributed by atoms with Crippen LogP contribution in [0.1, 0.15) is 0 Å². The average molecular weight is 111 g/mol. The third-order valence-electron chi connectivity index (χ3n) is 0.712. The van der Waals surface area contributed by atoms with Crippen molar-refractivity contribution in [1.29, 1.82) is 0 Å². The first kappa shape index (κ1) is 5.15. The number of hydrogen-bond acceptors (Lipinski definition) is 2. The summed E-state index contributed by atoms with van der Waals surface area (Å²) in [5.41, 5.74) is 0. The Hall–Kier alpha value is -0.990. The molecule has 0 aromatic carbocycles. The molecule has 8 heavy (non-hydrogen) atoms. The van der Waals surface area contributed by atoms with Crippen LogP contribution < -0.4 is 4.74 Å². The van der Waals surface area contributed by atoms with E-state index in [0.29, 0.717) is 12.6 Å². The smallest absolute Gasteiger partial charge is 0.293 e. The second-order valence-corrected chi connectivity index (χ2v) is 1.24. The summed E-state index contributed by atoms with van der Waals surface area (Å²) in [6, 6.07) is 0.528. The lowest BCUT2D eigenvalue weighted by Crippen LogP contribution is -1.92. The molecule has 3 heteroatoms. The van der Waals surface area contributed by atoms with E-state index >= 15 is 0 Å². The van der Waals surface area contributed by atoms with Crippen molar-refractivity contribution >= 4 is 0 Å². The molecule has 43 valence electrons. The fraction of sp³-hybridized carbons (Fsp3) is 0.200. The molecule has 0 aliphatic heterocycles. The molecule has 0 saturated heterocycles. The Morgan fingerprint density at radius 1 is 1.88 bits per heavy atom. The molecule has 0 atom stereocenters. The van der Waals surface area contributed by atoms with Crippen LogP contribution in [0.25, 0.3) is 0 Å². The van der Waals surface area contributed by atoms with Crippen molar-refractivity contribution in [1.82, 2.24) is 9.97 Å². The molecule has 1 heterocycles. The molecule has 1 aromatic heterocycles. The quantitative estimate of drug-likeness (QED) is 0.607. The molecular weight excluding hydrogens is 104 g/mol. The summed E-state index contributed by atoms with van der Waals surface area (Å²) in [7, 11) is 0. The van der Waals surface area contributed by atoms with Crippen molar-refractivity contribution in [3.63, 3.8) is 0 Å². The van der Waals surface area contributed by atoms with Gasteiger partial charge in [0.1, 0.15) is 0 Å². The number of rotatable bonds is 2. The minimum Gasteiger partial charge on any atom is -0.465 e. The molecule has 1 aromatic rings. The van der Waals surface area contributed by atoms with E-state index in [0.717, 1.165) is 0 Å². The fourth-order valence-electron chi connectivity index (χ4n) is 0.426. The number of H-pyrrole nitrogens is 1. The van der Waals surface area contributed by atoms with Crippen molar-refractivity contribution in [3.8, 4) is 6.01 Å². The highest BCUT2D eigenvalue weighted by atomic mass is 16.5. The van der Waals surface area contributed by atoms with Crippen LogP contribution in [0, 0.1) is 6.92 Å². The van der Waals surface area contributed by atoms with Crippen molar-refractivity contribution in [2.75, 3.05) is 6.61 Å². The lowest BCUT2D eigenvalue weighted by atomic mass is 10.9. The normalized spacial score (nSPS) is 9.12. The maximum atomic E-state index is 4.87. The van der Waals surface area contributed by atoms with E-state index in [4.69, 9.17) is 4.74 Å². The summed E-state index contributed by atoms with van der Waals surface area (Å²) < 4.78 is 4.87. The highest BCUT2D eigenvalue weighted by Crippen LogP contribution is 1.95. The molecule has 0 saturated carbocycles. The fourth-order valence-corrected chi connectivity index (χ4v) is 0.426. The summed E-state index contributed by atoms with van der Waals surface area (Å²) in [5, 5.41) is 0. The van der Waals surface area contributed by atoms with Crippen LogP contribution in [0.3, 0.4) is 0 Å². The zero-order valence-electron chi connectivity index (χ0n) is 4.42. The van der Waals surface area contributed by atoms with Crippen LogP contribution in [0.5, 0.6) is 6.01 Å². The molecule has 0 fully saturated rings. The third-order valence-corrected chi connectivity index (χ3v) is 0.712. The molecule has 0 aliphatic rings. The van der Waals surface area contributed by atoms with E-state index in [1.165, 1.54) is 0 Å². The van der Waals surface area contributed by atoms with Gasteiger partial charge in [-0.1, -0.05) is 0 Å². The lowest BCUT2D eigenvalue weighted by molar-refractivity contribution is 0.335. The lowest BCUT2D eigenvalue weighted by Gasteiger charge is -1.92. The minimum absolute atomic E-state index is 0.410. The number of hydrogen-bond donors (Lipinski definition) is 1. The number of aromatic nitrogens is 2. The first-order valence-corrected chi connectivity index (χ1v) is 2.35. The molecule has 0 unspecified atom stereocenters. The van der Waals surface area contributed by atoms with Gasteiger partial charge in [0.15, 0.2) is 0 Å². The number of nitrogens with one attached hydrogen (secondary N) is 1. The minimum atomic E-state index is 0.410. The van der Waals surface area contributed by atoms with Gasteiger partial charge >= 0.3 is 0 Å². The van der Waals surface area contributed by atoms with Crippen LogP contribution in [0.2, 0.25) is 0 Å². The highest BCUT2D eigenvalue weighted by molar-refractivity contribution is 4.91. The molecule has 1 rings (SSSR count). The Balaban J connectivity index is 2.50. The van der Waals surface area contributed by atoms with Crippen LogP contribution in [-0.2, 0) is 0 Å². The molecule has 1 radical (unpaired) electrons. The number of ether oxygens (including phenoxy) is 1. The van der Waals surface area contributed by atoms with Crippen LogP contribution in [0.4, 0.5) is 0 Å². The largest absolute Gasteiger partial charge is 0.465 e. The number of aromatic amines is 1. The Labute approximate surface area is 47.7 Å². The monoisotopic (exact) mass is 111 g/mol. The van der Waals surface area contributed by atoms with E-state index in [-0.39, 0.29) is 0 Å². The Bertz CT molecular complexity index is 136. The molecule has 0 spiro atoms. The van der Waals surface area contributed by atoms with Crippen LogP contribution >= 0.6 is 0 Å². The molecule has 0 aliphatic carbocycles. The Morgan fingerprint density at radius 3 is 3.25 bits per heavy atom. The van der Waals surface area contributed by atoms with Gasteiger partial charge in [-0.15, -0.1) is 0 Å². The first-order valence-electron chi connectivity index (χ1n) is 2.35. The number of nitrogens with zero attached hydrogens (tertiary/aromatic N) is 1. The topological polar surface area (TPSA) is 37.9 Å². The predicted molar refractivity (Wildman–Crippen MR) is 29.4 cm³/mol. The average Bonchev–Trinajstić information content (AvgIpc) is 2.19. The molecule has 0 bridgehead atoms. The van der Waals surface area contributed by atoms with E-state index in [1.807, 2.05) is 0 Å². The van der Waals surface area contributed by atoms with Crippen LogP contribution in [-0.4, -0.2) is 16.6 Å². The zero-order valence-corrected chi connectivity index (χ0v) is 4.42. The standard InChI is InChI=1S/C5H7N2O/c1-2-8-5-6-3-4-7-5/h3-4H,1-2H2,(H,6,7). The predicted octanol–water partition coefficient (Wildman–Crippen LogP) is 0.623. The van der Waals surface area contributed by atoms with E-state index < -0.39 is 0 Å². The zero-order chi connectivity index (χ0) is 5.82.